The number of amides is 2. The van der Waals surface area contributed by atoms with Crippen molar-refractivity contribution in [2.45, 2.75) is 32.1 Å². The Kier molecular flexibility index (Phi) is 7.69. The molecule has 174 valence electrons. The number of primary amides is 1. The van der Waals surface area contributed by atoms with Crippen molar-refractivity contribution in [2.24, 2.45) is 5.73 Å². The summed E-state index contributed by atoms with van der Waals surface area (Å²) in [6, 6.07) is 3.56. The first kappa shape index (κ1) is 22.9. The fourth-order valence-electron chi connectivity index (χ4n) is 3.90. The number of rotatable bonds is 9. The van der Waals surface area contributed by atoms with Crippen LogP contribution >= 0.6 is 11.3 Å². The van der Waals surface area contributed by atoms with Crippen molar-refractivity contribution in [2.75, 3.05) is 36.8 Å². The number of nitrogens with zero attached hydrogens (tertiary/aromatic N) is 3. The molecular weight excluding hydrogens is 438 g/mol. The Labute approximate surface area is 197 Å². The molecule has 0 unspecified atom stereocenters. The summed E-state index contributed by atoms with van der Waals surface area (Å²) in [4.78, 5) is 35.3. The van der Waals surface area contributed by atoms with Gasteiger partial charge in [-0.25, -0.2) is 4.98 Å². The fraction of sp³-hybridized carbons (Fsp3) is 0.391. The van der Waals surface area contributed by atoms with Gasteiger partial charge in [0.2, 0.25) is 0 Å². The number of nitrogens with two attached hydrogens (primary N) is 1. The van der Waals surface area contributed by atoms with Crippen molar-refractivity contribution >= 4 is 39.0 Å². The molecule has 33 heavy (non-hydrogen) atoms. The van der Waals surface area contributed by atoms with Gasteiger partial charge < -0.3 is 26.6 Å². The maximum absolute atomic E-state index is 12.8. The molecule has 0 atom stereocenters. The first-order chi connectivity index (χ1) is 16.1. The van der Waals surface area contributed by atoms with E-state index in [4.69, 9.17) is 5.73 Å². The first-order valence-corrected chi connectivity index (χ1v) is 12.0. The van der Waals surface area contributed by atoms with E-state index in [-0.39, 0.29) is 11.6 Å². The highest BCUT2D eigenvalue weighted by Crippen LogP contribution is 2.31. The predicted molar refractivity (Wildman–Crippen MR) is 130 cm³/mol. The molecule has 9 nitrogen and oxygen atoms in total. The van der Waals surface area contributed by atoms with E-state index in [9.17, 15) is 9.59 Å². The van der Waals surface area contributed by atoms with Crippen LogP contribution in [0.15, 0.2) is 47.9 Å². The van der Waals surface area contributed by atoms with E-state index in [0.29, 0.717) is 22.1 Å². The molecule has 1 saturated heterocycles. The largest absolute Gasteiger partial charge is 0.387 e. The van der Waals surface area contributed by atoms with Gasteiger partial charge >= 0.3 is 0 Å². The molecule has 2 aliphatic rings. The van der Waals surface area contributed by atoms with E-state index < -0.39 is 5.91 Å². The van der Waals surface area contributed by atoms with Crippen LogP contribution in [0.5, 0.6) is 0 Å². The van der Waals surface area contributed by atoms with Crippen molar-refractivity contribution in [1.82, 2.24) is 20.2 Å². The Morgan fingerprint density at radius 3 is 2.58 bits per heavy atom. The zero-order valence-corrected chi connectivity index (χ0v) is 19.3. The SMILES string of the molecule is NC(=O)c1nc(Nc2ccncc2)sc1NC(=O)C1=CC=C(NCCN2CCCCC2)CC1. The van der Waals surface area contributed by atoms with Gasteiger partial charge in [-0.15, -0.1) is 0 Å². The van der Waals surface area contributed by atoms with E-state index in [0.717, 1.165) is 30.9 Å². The summed E-state index contributed by atoms with van der Waals surface area (Å²) in [7, 11) is 0. The molecule has 0 bridgehead atoms. The third-order valence-corrected chi connectivity index (χ3v) is 6.58. The number of hydrogen-bond donors (Lipinski definition) is 4. The summed E-state index contributed by atoms with van der Waals surface area (Å²) in [5, 5.41) is 10.2. The number of aromatic nitrogens is 2. The summed E-state index contributed by atoms with van der Waals surface area (Å²) in [5.74, 6) is -0.942. The smallest absolute Gasteiger partial charge is 0.270 e. The lowest BCUT2D eigenvalue weighted by Gasteiger charge is -2.27. The Hall–Kier alpha value is -3.24. The van der Waals surface area contributed by atoms with Crippen LogP contribution in [-0.2, 0) is 4.79 Å². The third-order valence-electron chi connectivity index (χ3n) is 5.69. The third kappa shape index (κ3) is 6.39. The Balaban J connectivity index is 1.34. The number of carbonyl (C=O) groups is 2. The zero-order chi connectivity index (χ0) is 23.0. The van der Waals surface area contributed by atoms with Crippen LogP contribution < -0.4 is 21.7 Å². The summed E-state index contributed by atoms with van der Waals surface area (Å²) in [5.41, 5.74) is 8.08. The molecule has 0 spiro atoms. The van der Waals surface area contributed by atoms with Gasteiger partial charge in [0.25, 0.3) is 11.8 Å². The highest BCUT2D eigenvalue weighted by atomic mass is 32.1. The summed E-state index contributed by atoms with van der Waals surface area (Å²) >= 11 is 1.17. The van der Waals surface area contributed by atoms with E-state index in [1.54, 1.807) is 24.5 Å². The summed E-state index contributed by atoms with van der Waals surface area (Å²) < 4.78 is 0. The number of pyridine rings is 1. The van der Waals surface area contributed by atoms with Gasteiger partial charge in [0.05, 0.1) is 0 Å². The van der Waals surface area contributed by atoms with Crippen molar-refractivity contribution in [3.8, 4) is 0 Å². The number of anilines is 3. The average Bonchev–Trinajstić information content (AvgIpc) is 3.23. The molecule has 1 aliphatic heterocycles. The molecule has 5 N–H and O–H groups in total. The van der Waals surface area contributed by atoms with Crippen LogP contribution in [0.2, 0.25) is 0 Å². The first-order valence-electron chi connectivity index (χ1n) is 11.2. The summed E-state index contributed by atoms with van der Waals surface area (Å²) in [6.45, 7) is 4.34. The van der Waals surface area contributed by atoms with Crippen molar-refractivity contribution in [1.29, 1.82) is 0 Å². The zero-order valence-electron chi connectivity index (χ0n) is 18.5. The lowest BCUT2D eigenvalue weighted by Crippen LogP contribution is -2.35. The van der Waals surface area contributed by atoms with Gasteiger partial charge in [-0.1, -0.05) is 23.8 Å². The van der Waals surface area contributed by atoms with Crippen LogP contribution in [0, 0.1) is 0 Å². The minimum absolute atomic E-state index is 0.0388. The standard InChI is InChI=1S/C23H29N7O2S/c24-20(31)19-22(33-23(28-19)27-18-8-10-25-11-9-18)29-21(32)16-4-6-17(7-5-16)26-12-15-30-13-2-1-3-14-30/h4,6,8-11,26H,1-3,5,7,12-15H2,(H2,24,31)(H,29,32)(H,25,27,28). The molecule has 4 rings (SSSR count). The van der Waals surface area contributed by atoms with Crippen LogP contribution in [0.4, 0.5) is 15.8 Å². The lowest BCUT2D eigenvalue weighted by atomic mass is 10.0. The van der Waals surface area contributed by atoms with Crippen LogP contribution in [0.1, 0.15) is 42.6 Å². The number of carbonyl (C=O) groups excluding carboxylic acids is 2. The molecule has 3 heterocycles. The van der Waals surface area contributed by atoms with E-state index >= 15 is 0 Å². The van der Waals surface area contributed by atoms with E-state index in [1.165, 1.54) is 43.7 Å². The lowest BCUT2D eigenvalue weighted by molar-refractivity contribution is -0.113. The second kappa shape index (κ2) is 11.1. The van der Waals surface area contributed by atoms with Gasteiger partial charge in [-0.05, 0) is 57.0 Å². The summed E-state index contributed by atoms with van der Waals surface area (Å²) in [6.07, 6.45) is 12.4. The second-order valence-electron chi connectivity index (χ2n) is 8.09. The number of thiazole rings is 1. The maximum Gasteiger partial charge on any atom is 0.270 e. The van der Waals surface area contributed by atoms with Gasteiger partial charge in [-0.2, -0.15) is 0 Å². The maximum atomic E-state index is 12.8. The molecule has 2 amide bonds. The normalized spacial score (nSPS) is 16.5. The van der Waals surface area contributed by atoms with Crippen molar-refractivity contribution in [3.63, 3.8) is 0 Å². The molecule has 2 aromatic heterocycles. The molecular formula is C23H29N7O2S. The Morgan fingerprint density at radius 1 is 1.09 bits per heavy atom. The quantitative estimate of drug-likeness (QED) is 0.447. The number of nitrogens with one attached hydrogen (secondary N) is 3. The van der Waals surface area contributed by atoms with Gasteiger partial charge in [0.15, 0.2) is 10.8 Å². The fourth-order valence-corrected chi connectivity index (χ4v) is 4.78. The number of likely N-dealkylation sites (tertiary alicyclic amines) is 1. The van der Waals surface area contributed by atoms with Gasteiger partial charge in [0, 0.05) is 42.4 Å². The van der Waals surface area contributed by atoms with Gasteiger partial charge in [0.1, 0.15) is 5.00 Å². The molecule has 1 fully saturated rings. The molecule has 0 radical (unpaired) electrons. The monoisotopic (exact) mass is 467 g/mol. The highest BCUT2D eigenvalue weighted by molar-refractivity contribution is 7.20. The highest BCUT2D eigenvalue weighted by Gasteiger charge is 2.21. The van der Waals surface area contributed by atoms with Crippen LogP contribution in [0.3, 0.4) is 0 Å². The molecule has 0 saturated carbocycles. The minimum Gasteiger partial charge on any atom is -0.387 e. The van der Waals surface area contributed by atoms with E-state index in [1.807, 2.05) is 12.2 Å². The number of piperidine rings is 1. The minimum atomic E-state index is -0.693. The molecule has 1 aliphatic carbocycles. The van der Waals surface area contributed by atoms with Crippen molar-refractivity contribution in [3.05, 3.63) is 53.6 Å². The van der Waals surface area contributed by atoms with Crippen LogP contribution in [-0.4, -0.2) is 52.9 Å². The van der Waals surface area contributed by atoms with Gasteiger partial charge in [-0.3, -0.25) is 14.6 Å². The molecule has 10 heteroatoms. The van der Waals surface area contributed by atoms with Crippen molar-refractivity contribution < 1.29 is 9.59 Å². The molecule has 2 aromatic rings. The topological polar surface area (TPSA) is 125 Å². The Morgan fingerprint density at radius 2 is 1.88 bits per heavy atom. The predicted octanol–water partition coefficient (Wildman–Crippen LogP) is 3.00. The molecule has 0 aromatic carbocycles. The second-order valence-corrected chi connectivity index (χ2v) is 9.09. The number of hydrogen-bond acceptors (Lipinski definition) is 8. The Bertz CT molecular complexity index is 1040. The van der Waals surface area contributed by atoms with Crippen LogP contribution in [0.25, 0.3) is 0 Å². The van der Waals surface area contributed by atoms with E-state index in [2.05, 4.69) is 30.8 Å². The number of allylic oxidation sites excluding steroid dienone is 3. The average molecular weight is 468 g/mol.